The number of amidine groups is 1. The van der Waals surface area contributed by atoms with Crippen molar-refractivity contribution in [3.05, 3.63) is 94.5 Å². The van der Waals surface area contributed by atoms with Crippen LogP contribution in [0.25, 0.3) is 0 Å². The topological polar surface area (TPSA) is 66.0 Å². The van der Waals surface area contributed by atoms with Crippen LogP contribution in [0.5, 0.6) is 0 Å². The van der Waals surface area contributed by atoms with Gasteiger partial charge in [0.2, 0.25) is 0 Å². The zero-order valence-corrected chi connectivity index (χ0v) is 20.4. The summed E-state index contributed by atoms with van der Waals surface area (Å²) >= 11 is 19.0. The van der Waals surface area contributed by atoms with Gasteiger partial charge in [0.1, 0.15) is 4.75 Å². The second kappa shape index (κ2) is 10.0. The molecule has 0 saturated carbocycles. The van der Waals surface area contributed by atoms with Gasteiger partial charge in [0.05, 0.1) is 15.7 Å². The van der Waals surface area contributed by atoms with Gasteiger partial charge in [0.25, 0.3) is 0 Å². The number of nitrogens with zero attached hydrogens (tertiary/aromatic N) is 2. The van der Waals surface area contributed by atoms with Crippen molar-refractivity contribution in [3.8, 4) is 0 Å². The average Bonchev–Trinajstić information content (AvgIpc) is 3.06. The number of benzene rings is 3. The van der Waals surface area contributed by atoms with Gasteiger partial charge in [-0.05, 0) is 42.8 Å². The van der Waals surface area contributed by atoms with Gasteiger partial charge in [0, 0.05) is 5.69 Å². The van der Waals surface area contributed by atoms with Gasteiger partial charge in [0.15, 0.2) is 10.2 Å². The van der Waals surface area contributed by atoms with Crippen LogP contribution in [0.15, 0.2) is 84.0 Å². The molecule has 1 heterocycles. The number of hydrogen-bond acceptors (Lipinski definition) is 6. The minimum atomic E-state index is -0.779. The molecule has 1 amide bonds. The largest absolute Gasteiger partial charge is 0.437 e. The first-order chi connectivity index (χ1) is 15.9. The van der Waals surface area contributed by atoms with Gasteiger partial charge < -0.3 is 0 Å². The number of para-hydroxylation sites is 1. The highest BCUT2D eigenvalue weighted by atomic mass is 35.5. The van der Waals surface area contributed by atoms with Crippen LogP contribution < -0.4 is 10.7 Å². The Bertz CT molecular complexity index is 1210. The lowest BCUT2D eigenvalue weighted by atomic mass is 9.99. The number of thioether (sulfide) groups is 1. The standard InChI is InChI=1S/C23H18Cl2N4O2S2/c1-23(15-8-4-2-5-9-15)20(29(22(32)33-23)27-16-10-6-3-7-11-16)28-31-21(30)26-17-12-13-18(24)19(25)14-17/h2-14,27H,1H3,(H,26,30)/b28-20+. The zero-order chi connectivity index (χ0) is 23.4. The molecule has 168 valence electrons. The maximum atomic E-state index is 12.5. The Morgan fingerprint density at radius 2 is 1.67 bits per heavy atom. The molecule has 4 rings (SSSR count). The Morgan fingerprint density at radius 1 is 1.00 bits per heavy atom. The van der Waals surface area contributed by atoms with Gasteiger partial charge in [-0.1, -0.05) is 101 Å². The van der Waals surface area contributed by atoms with Crippen molar-refractivity contribution < 1.29 is 9.63 Å². The molecule has 1 aliphatic rings. The van der Waals surface area contributed by atoms with Crippen molar-refractivity contribution >= 4 is 74.8 Å². The molecular formula is C23H18Cl2N4O2S2. The lowest BCUT2D eigenvalue weighted by Gasteiger charge is -2.26. The number of halogens is 2. The minimum Gasteiger partial charge on any atom is -0.296 e. The molecule has 0 bridgehead atoms. The van der Waals surface area contributed by atoms with E-state index in [1.54, 1.807) is 17.1 Å². The summed E-state index contributed by atoms with van der Waals surface area (Å²) in [4.78, 5) is 17.7. The summed E-state index contributed by atoms with van der Waals surface area (Å²) in [5.74, 6) is 0.428. The van der Waals surface area contributed by atoms with Gasteiger partial charge in [-0.2, -0.15) is 0 Å². The quantitative estimate of drug-likeness (QED) is 0.213. The third-order valence-corrected chi connectivity index (χ3v) is 7.19. The second-order valence-electron chi connectivity index (χ2n) is 7.13. The van der Waals surface area contributed by atoms with Crippen molar-refractivity contribution in [2.24, 2.45) is 5.16 Å². The summed E-state index contributed by atoms with van der Waals surface area (Å²) in [5.41, 5.74) is 5.45. The molecule has 3 aromatic rings. The van der Waals surface area contributed by atoms with E-state index < -0.39 is 10.8 Å². The summed E-state index contributed by atoms with van der Waals surface area (Å²) in [6, 6.07) is 24.0. The summed E-state index contributed by atoms with van der Waals surface area (Å²) in [5, 5.41) is 9.15. The van der Waals surface area contributed by atoms with E-state index in [2.05, 4.69) is 15.9 Å². The molecule has 33 heavy (non-hydrogen) atoms. The maximum absolute atomic E-state index is 12.5. The monoisotopic (exact) mass is 516 g/mol. The second-order valence-corrected chi connectivity index (χ2v) is 9.99. The number of amides is 1. The summed E-state index contributed by atoms with van der Waals surface area (Å²) in [6.07, 6.45) is -0.779. The maximum Gasteiger partial charge on any atom is 0.437 e. The molecular weight excluding hydrogens is 499 g/mol. The molecule has 6 nitrogen and oxygen atoms in total. The van der Waals surface area contributed by atoms with E-state index in [9.17, 15) is 4.79 Å². The highest BCUT2D eigenvalue weighted by Crippen LogP contribution is 2.46. The molecule has 1 unspecified atom stereocenters. The van der Waals surface area contributed by atoms with Crippen LogP contribution in [0, 0.1) is 0 Å². The van der Waals surface area contributed by atoms with E-state index in [0.717, 1.165) is 11.3 Å². The molecule has 1 saturated heterocycles. The number of thiocarbonyl (C=S) groups is 1. The van der Waals surface area contributed by atoms with Crippen LogP contribution in [-0.4, -0.2) is 21.3 Å². The van der Waals surface area contributed by atoms with Crippen LogP contribution in [0.3, 0.4) is 0 Å². The summed E-state index contributed by atoms with van der Waals surface area (Å²) in [6.45, 7) is 1.98. The average molecular weight is 517 g/mol. The molecule has 0 aromatic heterocycles. The smallest absolute Gasteiger partial charge is 0.296 e. The SMILES string of the molecule is CC1(c2ccccc2)SC(=S)N(Nc2ccccc2)/C1=N/OC(=O)Nc1ccc(Cl)c(Cl)c1. The Hall–Kier alpha value is -2.78. The molecule has 1 aliphatic heterocycles. The molecule has 10 heteroatoms. The van der Waals surface area contributed by atoms with Crippen molar-refractivity contribution in [2.45, 2.75) is 11.7 Å². The summed E-state index contributed by atoms with van der Waals surface area (Å²) in [7, 11) is 0. The molecule has 0 aliphatic carbocycles. The van der Waals surface area contributed by atoms with Crippen LogP contribution in [0.1, 0.15) is 12.5 Å². The molecule has 0 radical (unpaired) electrons. The highest BCUT2D eigenvalue weighted by Gasteiger charge is 2.48. The van der Waals surface area contributed by atoms with E-state index in [-0.39, 0.29) is 0 Å². The Morgan fingerprint density at radius 3 is 2.33 bits per heavy atom. The third-order valence-electron chi connectivity index (χ3n) is 4.83. The fourth-order valence-corrected chi connectivity index (χ4v) is 5.15. The number of nitrogens with one attached hydrogen (secondary N) is 2. The van der Waals surface area contributed by atoms with Gasteiger partial charge in [-0.15, -0.1) is 0 Å². The minimum absolute atomic E-state index is 0.313. The van der Waals surface area contributed by atoms with Gasteiger partial charge >= 0.3 is 6.09 Å². The molecule has 1 fully saturated rings. The normalized spacial score (nSPS) is 18.9. The van der Waals surface area contributed by atoms with Crippen LogP contribution in [-0.2, 0) is 9.58 Å². The third kappa shape index (κ3) is 5.25. The fraction of sp³-hybridized carbons (Fsp3) is 0.0870. The van der Waals surface area contributed by atoms with E-state index in [4.69, 9.17) is 40.3 Å². The van der Waals surface area contributed by atoms with Crippen molar-refractivity contribution in [3.63, 3.8) is 0 Å². The molecule has 1 atom stereocenters. The number of hydrogen-bond donors (Lipinski definition) is 2. The number of anilines is 2. The lowest BCUT2D eigenvalue weighted by molar-refractivity contribution is 0.164. The van der Waals surface area contributed by atoms with Crippen LogP contribution >= 0.6 is 47.2 Å². The molecule has 0 spiro atoms. The number of carbonyl (C=O) groups excluding carboxylic acids is 1. The highest BCUT2D eigenvalue weighted by molar-refractivity contribution is 8.24. The predicted octanol–water partition coefficient (Wildman–Crippen LogP) is 7.13. The van der Waals surface area contributed by atoms with E-state index in [1.165, 1.54) is 17.8 Å². The van der Waals surface area contributed by atoms with Crippen molar-refractivity contribution in [1.82, 2.24) is 5.01 Å². The van der Waals surface area contributed by atoms with Gasteiger partial charge in [-0.3, -0.25) is 15.6 Å². The lowest BCUT2D eigenvalue weighted by Crippen LogP contribution is -2.40. The molecule has 2 N–H and O–H groups in total. The summed E-state index contributed by atoms with van der Waals surface area (Å²) < 4.78 is -0.151. The number of oxime groups is 1. The fourth-order valence-electron chi connectivity index (χ4n) is 3.18. The van der Waals surface area contributed by atoms with E-state index in [0.29, 0.717) is 25.9 Å². The Balaban J connectivity index is 1.62. The van der Waals surface area contributed by atoms with Crippen LogP contribution in [0.4, 0.5) is 16.2 Å². The Labute approximate surface area is 210 Å². The predicted molar refractivity (Wildman–Crippen MR) is 140 cm³/mol. The zero-order valence-electron chi connectivity index (χ0n) is 17.3. The number of rotatable bonds is 5. The van der Waals surface area contributed by atoms with Crippen LogP contribution in [0.2, 0.25) is 10.0 Å². The van der Waals surface area contributed by atoms with Gasteiger partial charge in [-0.25, -0.2) is 9.80 Å². The molecule has 3 aromatic carbocycles. The number of hydrazine groups is 1. The van der Waals surface area contributed by atoms with Crippen molar-refractivity contribution in [2.75, 3.05) is 10.7 Å². The first-order valence-electron chi connectivity index (χ1n) is 9.78. The van der Waals surface area contributed by atoms with E-state index >= 15 is 0 Å². The first-order valence-corrected chi connectivity index (χ1v) is 11.8. The number of carbonyl (C=O) groups is 1. The first kappa shape index (κ1) is 23.4. The van der Waals surface area contributed by atoms with Crippen molar-refractivity contribution in [1.29, 1.82) is 0 Å². The van der Waals surface area contributed by atoms with E-state index in [1.807, 2.05) is 67.6 Å². The Kier molecular flexibility index (Phi) is 7.09.